The fraction of sp³-hybridized carbons (Fsp3) is 0.429. The molecule has 2 aromatic carbocycles. The Labute approximate surface area is 139 Å². The first-order valence-corrected chi connectivity index (χ1v) is 8.48. The summed E-state index contributed by atoms with van der Waals surface area (Å²) < 4.78 is 0. The number of rotatable bonds is 2. The van der Waals surface area contributed by atoms with Crippen LogP contribution in [0.2, 0.25) is 0 Å². The van der Waals surface area contributed by atoms with Gasteiger partial charge in [-0.15, -0.1) is 0 Å². The molecule has 5 atom stereocenters. The van der Waals surface area contributed by atoms with E-state index in [1.54, 1.807) is 0 Å². The molecular formula is C21H27NO. The first kappa shape index (κ1) is 16.2. The smallest absolute Gasteiger partial charge is 0.0707 e. The van der Waals surface area contributed by atoms with Crippen LogP contribution in [0.5, 0.6) is 0 Å². The van der Waals surface area contributed by atoms with Gasteiger partial charge in [0.25, 0.3) is 0 Å². The molecule has 3 rings (SSSR count). The van der Waals surface area contributed by atoms with Crippen molar-refractivity contribution < 1.29 is 5.11 Å². The highest BCUT2D eigenvalue weighted by atomic mass is 16.3. The molecule has 0 amide bonds. The SMILES string of the molecule is C[C@H]1[C@@H](c2ccccc2)N(C)[C@@H](c2ccccc2)[C@H](C)C1(C)O. The second-order valence-corrected chi connectivity index (χ2v) is 7.18. The molecular weight excluding hydrogens is 282 g/mol. The molecule has 122 valence electrons. The van der Waals surface area contributed by atoms with E-state index in [9.17, 15) is 5.11 Å². The maximum atomic E-state index is 11.3. The van der Waals surface area contributed by atoms with Gasteiger partial charge in [0.15, 0.2) is 0 Å². The lowest BCUT2D eigenvalue weighted by Crippen LogP contribution is -2.56. The summed E-state index contributed by atoms with van der Waals surface area (Å²) in [4.78, 5) is 2.44. The van der Waals surface area contributed by atoms with Crippen LogP contribution in [0.15, 0.2) is 60.7 Å². The van der Waals surface area contributed by atoms with Crippen molar-refractivity contribution in [1.82, 2.24) is 4.90 Å². The summed E-state index contributed by atoms with van der Waals surface area (Å²) in [6.45, 7) is 6.35. The van der Waals surface area contributed by atoms with E-state index in [-0.39, 0.29) is 23.9 Å². The van der Waals surface area contributed by atoms with E-state index in [1.165, 1.54) is 11.1 Å². The second-order valence-electron chi connectivity index (χ2n) is 7.18. The van der Waals surface area contributed by atoms with Crippen LogP contribution in [0.4, 0.5) is 0 Å². The van der Waals surface area contributed by atoms with Gasteiger partial charge in [-0.25, -0.2) is 0 Å². The second kappa shape index (κ2) is 6.10. The van der Waals surface area contributed by atoms with Crippen molar-refractivity contribution in [2.24, 2.45) is 11.8 Å². The summed E-state index contributed by atoms with van der Waals surface area (Å²) in [7, 11) is 2.19. The van der Waals surface area contributed by atoms with E-state index in [0.717, 1.165) is 0 Å². The highest BCUT2D eigenvalue weighted by Gasteiger charge is 2.51. The van der Waals surface area contributed by atoms with Crippen LogP contribution in [0, 0.1) is 11.8 Å². The summed E-state index contributed by atoms with van der Waals surface area (Å²) in [5.41, 5.74) is 1.83. The number of likely N-dealkylation sites (tertiary alicyclic amines) is 1. The predicted molar refractivity (Wildman–Crippen MR) is 95.1 cm³/mol. The van der Waals surface area contributed by atoms with E-state index < -0.39 is 5.60 Å². The van der Waals surface area contributed by atoms with Crippen LogP contribution in [-0.2, 0) is 0 Å². The minimum absolute atomic E-state index is 0.157. The van der Waals surface area contributed by atoms with Crippen molar-refractivity contribution in [2.75, 3.05) is 7.05 Å². The monoisotopic (exact) mass is 309 g/mol. The van der Waals surface area contributed by atoms with Crippen molar-refractivity contribution >= 4 is 0 Å². The predicted octanol–water partition coefficient (Wildman–Crippen LogP) is 4.44. The van der Waals surface area contributed by atoms with Gasteiger partial charge in [0.05, 0.1) is 5.60 Å². The van der Waals surface area contributed by atoms with E-state index in [1.807, 2.05) is 19.1 Å². The Morgan fingerprint density at radius 3 is 1.48 bits per heavy atom. The number of hydrogen-bond donors (Lipinski definition) is 1. The molecule has 1 saturated heterocycles. The Morgan fingerprint density at radius 2 is 1.13 bits per heavy atom. The molecule has 1 unspecified atom stereocenters. The van der Waals surface area contributed by atoms with Crippen molar-refractivity contribution in [3.63, 3.8) is 0 Å². The summed E-state index contributed by atoms with van der Waals surface area (Å²) in [6.07, 6.45) is 0. The molecule has 1 heterocycles. The molecule has 0 radical (unpaired) electrons. The number of hydrogen-bond acceptors (Lipinski definition) is 2. The van der Waals surface area contributed by atoms with Crippen LogP contribution in [0.3, 0.4) is 0 Å². The number of benzene rings is 2. The zero-order valence-electron chi connectivity index (χ0n) is 14.5. The van der Waals surface area contributed by atoms with Crippen molar-refractivity contribution in [3.8, 4) is 0 Å². The molecule has 2 heteroatoms. The fourth-order valence-electron chi connectivity index (χ4n) is 4.28. The fourth-order valence-corrected chi connectivity index (χ4v) is 4.28. The summed E-state index contributed by atoms with van der Waals surface area (Å²) in [6, 6.07) is 21.5. The standard InChI is InChI=1S/C21H27NO/c1-15-19(17-11-7-5-8-12-17)22(4)20(16(2)21(15,3)23)18-13-9-6-10-14-18/h5-16,19-20,23H,1-4H3/t15-,16-,19-,20+,21?/m0/s1. The Morgan fingerprint density at radius 1 is 0.783 bits per heavy atom. The van der Waals surface area contributed by atoms with Gasteiger partial charge in [-0.2, -0.15) is 0 Å². The molecule has 0 aliphatic carbocycles. The van der Waals surface area contributed by atoms with Crippen LogP contribution < -0.4 is 0 Å². The minimum Gasteiger partial charge on any atom is -0.389 e. The van der Waals surface area contributed by atoms with Gasteiger partial charge >= 0.3 is 0 Å². The highest BCUT2D eigenvalue weighted by molar-refractivity contribution is 5.27. The first-order valence-electron chi connectivity index (χ1n) is 8.48. The van der Waals surface area contributed by atoms with Gasteiger partial charge < -0.3 is 5.11 Å². The molecule has 0 saturated carbocycles. The molecule has 23 heavy (non-hydrogen) atoms. The van der Waals surface area contributed by atoms with Crippen LogP contribution in [-0.4, -0.2) is 22.7 Å². The molecule has 2 aromatic rings. The summed E-state index contributed by atoms with van der Waals surface area (Å²) in [5, 5.41) is 11.3. The quantitative estimate of drug-likeness (QED) is 0.886. The van der Waals surface area contributed by atoms with Crippen molar-refractivity contribution in [3.05, 3.63) is 71.8 Å². The Hall–Kier alpha value is -1.64. The minimum atomic E-state index is -0.715. The largest absolute Gasteiger partial charge is 0.389 e. The van der Waals surface area contributed by atoms with E-state index in [0.29, 0.717) is 0 Å². The number of nitrogens with zero attached hydrogens (tertiary/aromatic N) is 1. The molecule has 1 aliphatic heterocycles. The third-order valence-corrected chi connectivity index (χ3v) is 5.95. The van der Waals surface area contributed by atoms with Crippen molar-refractivity contribution in [2.45, 2.75) is 38.5 Å². The number of aliphatic hydroxyl groups is 1. The first-order chi connectivity index (χ1) is 10.9. The van der Waals surface area contributed by atoms with Gasteiger partial charge in [0.1, 0.15) is 0 Å². The van der Waals surface area contributed by atoms with Crippen molar-refractivity contribution in [1.29, 1.82) is 0 Å². The zero-order chi connectivity index (χ0) is 16.6. The zero-order valence-corrected chi connectivity index (χ0v) is 14.5. The van der Waals surface area contributed by atoms with Gasteiger partial charge in [-0.05, 0) is 25.1 Å². The third-order valence-electron chi connectivity index (χ3n) is 5.95. The van der Waals surface area contributed by atoms with E-state index in [4.69, 9.17) is 0 Å². The maximum Gasteiger partial charge on any atom is 0.0707 e. The molecule has 0 aromatic heterocycles. The molecule has 0 bridgehead atoms. The molecule has 1 aliphatic rings. The van der Waals surface area contributed by atoms with Crippen LogP contribution in [0.1, 0.15) is 44.0 Å². The van der Waals surface area contributed by atoms with Gasteiger partial charge in [-0.3, -0.25) is 4.90 Å². The topological polar surface area (TPSA) is 23.5 Å². The summed E-state index contributed by atoms with van der Waals surface area (Å²) >= 11 is 0. The Kier molecular flexibility index (Phi) is 4.31. The highest BCUT2D eigenvalue weighted by Crippen LogP contribution is 2.51. The Bertz CT molecular complexity index is 582. The third kappa shape index (κ3) is 2.71. The van der Waals surface area contributed by atoms with E-state index >= 15 is 0 Å². The average molecular weight is 309 g/mol. The lowest BCUT2D eigenvalue weighted by atomic mass is 9.66. The molecule has 0 spiro atoms. The van der Waals surface area contributed by atoms with E-state index in [2.05, 4.69) is 74.3 Å². The number of piperidine rings is 1. The normalized spacial score (nSPS) is 35.2. The molecule has 1 fully saturated rings. The Balaban J connectivity index is 2.07. The van der Waals surface area contributed by atoms with Gasteiger partial charge in [0.2, 0.25) is 0 Å². The molecule has 2 nitrogen and oxygen atoms in total. The summed E-state index contributed by atoms with van der Waals surface area (Å²) in [5.74, 6) is 0.315. The maximum absolute atomic E-state index is 11.3. The van der Waals surface area contributed by atoms with Crippen LogP contribution >= 0.6 is 0 Å². The van der Waals surface area contributed by atoms with Crippen LogP contribution in [0.25, 0.3) is 0 Å². The lowest BCUT2D eigenvalue weighted by molar-refractivity contribution is -0.143. The molecule has 1 N–H and O–H groups in total. The lowest BCUT2D eigenvalue weighted by Gasteiger charge is -2.55. The average Bonchev–Trinajstić information content (AvgIpc) is 2.56. The van der Waals surface area contributed by atoms with Gasteiger partial charge in [0, 0.05) is 23.9 Å². The van der Waals surface area contributed by atoms with Gasteiger partial charge in [-0.1, -0.05) is 74.5 Å².